The quantitative estimate of drug-likeness (QED) is 0.740. The molecule has 1 N–H and O–H groups in total. The van der Waals surface area contributed by atoms with E-state index in [0.29, 0.717) is 6.04 Å². The third-order valence-corrected chi connectivity index (χ3v) is 4.86. The zero-order valence-corrected chi connectivity index (χ0v) is 13.1. The van der Waals surface area contributed by atoms with Crippen molar-refractivity contribution in [3.63, 3.8) is 0 Å². The molecule has 0 aliphatic carbocycles. The van der Waals surface area contributed by atoms with E-state index < -0.39 is 0 Å². The molecule has 18 heavy (non-hydrogen) atoms. The van der Waals surface area contributed by atoms with E-state index in [0.717, 1.165) is 19.5 Å². The summed E-state index contributed by atoms with van der Waals surface area (Å²) in [6, 6.07) is 5.18. The first kappa shape index (κ1) is 15.7. The number of hydrogen-bond donors (Lipinski definition) is 1. The van der Waals surface area contributed by atoms with Gasteiger partial charge in [0.15, 0.2) is 0 Å². The van der Waals surface area contributed by atoms with Gasteiger partial charge in [0.05, 0.1) is 0 Å². The average molecular weight is 268 g/mol. The number of thiophene rings is 1. The minimum atomic E-state index is 0.606. The van der Waals surface area contributed by atoms with Crippen molar-refractivity contribution >= 4 is 11.3 Å². The Morgan fingerprint density at radius 2 is 1.83 bits per heavy atom. The number of hydrogen-bond acceptors (Lipinski definition) is 3. The molecule has 1 unspecified atom stereocenters. The van der Waals surface area contributed by atoms with E-state index in [1.807, 2.05) is 11.3 Å². The van der Waals surface area contributed by atoms with Gasteiger partial charge < -0.3 is 10.2 Å². The molecule has 1 aromatic rings. The minimum Gasteiger partial charge on any atom is -0.317 e. The van der Waals surface area contributed by atoms with Crippen LogP contribution in [0.3, 0.4) is 0 Å². The SMILES string of the molecule is CCc1ccc(CC(CCN(CC)CC)NC)s1. The van der Waals surface area contributed by atoms with Crippen molar-refractivity contribution in [2.24, 2.45) is 0 Å². The lowest BCUT2D eigenvalue weighted by Gasteiger charge is -2.22. The van der Waals surface area contributed by atoms with Crippen LogP contribution in [-0.4, -0.2) is 37.6 Å². The van der Waals surface area contributed by atoms with Gasteiger partial charge in [-0.25, -0.2) is 0 Å². The molecule has 0 amide bonds. The second-order valence-corrected chi connectivity index (χ2v) is 5.98. The summed E-state index contributed by atoms with van der Waals surface area (Å²) in [5, 5.41) is 3.46. The highest BCUT2D eigenvalue weighted by Gasteiger charge is 2.10. The molecule has 0 saturated carbocycles. The lowest BCUT2D eigenvalue weighted by atomic mass is 10.1. The maximum atomic E-state index is 3.46. The zero-order chi connectivity index (χ0) is 13.4. The molecule has 0 spiro atoms. The van der Waals surface area contributed by atoms with Gasteiger partial charge in [0.25, 0.3) is 0 Å². The van der Waals surface area contributed by atoms with Crippen LogP contribution in [0.15, 0.2) is 12.1 Å². The molecular weight excluding hydrogens is 240 g/mol. The Hall–Kier alpha value is -0.380. The molecule has 0 saturated heterocycles. The number of nitrogens with one attached hydrogen (secondary N) is 1. The van der Waals surface area contributed by atoms with Gasteiger partial charge in [0.1, 0.15) is 0 Å². The van der Waals surface area contributed by atoms with Gasteiger partial charge in [-0.05, 0) is 58.1 Å². The fourth-order valence-corrected chi connectivity index (χ4v) is 3.23. The number of aryl methyl sites for hydroxylation is 1. The van der Waals surface area contributed by atoms with Crippen molar-refractivity contribution < 1.29 is 0 Å². The van der Waals surface area contributed by atoms with Gasteiger partial charge in [-0.2, -0.15) is 0 Å². The van der Waals surface area contributed by atoms with E-state index in [1.54, 1.807) is 0 Å². The maximum Gasteiger partial charge on any atom is 0.0124 e. The molecule has 1 heterocycles. The smallest absolute Gasteiger partial charge is 0.0124 e. The average Bonchev–Trinajstić information content (AvgIpc) is 2.86. The molecule has 0 bridgehead atoms. The first-order valence-electron chi connectivity index (χ1n) is 7.20. The largest absolute Gasteiger partial charge is 0.317 e. The van der Waals surface area contributed by atoms with Crippen LogP contribution in [0.25, 0.3) is 0 Å². The Balaban J connectivity index is 2.41. The van der Waals surface area contributed by atoms with Crippen LogP contribution in [-0.2, 0) is 12.8 Å². The monoisotopic (exact) mass is 268 g/mol. The van der Waals surface area contributed by atoms with Crippen molar-refractivity contribution in [1.82, 2.24) is 10.2 Å². The lowest BCUT2D eigenvalue weighted by Crippen LogP contribution is -2.33. The van der Waals surface area contributed by atoms with Gasteiger partial charge in [-0.15, -0.1) is 11.3 Å². The molecule has 2 nitrogen and oxygen atoms in total. The second-order valence-electron chi connectivity index (χ2n) is 4.73. The van der Waals surface area contributed by atoms with Crippen molar-refractivity contribution in [3.05, 3.63) is 21.9 Å². The molecule has 1 atom stereocenters. The van der Waals surface area contributed by atoms with Crippen LogP contribution in [0.1, 0.15) is 36.9 Å². The number of nitrogens with zero attached hydrogens (tertiary/aromatic N) is 1. The van der Waals surface area contributed by atoms with Crippen molar-refractivity contribution in [1.29, 1.82) is 0 Å². The van der Waals surface area contributed by atoms with E-state index in [9.17, 15) is 0 Å². The van der Waals surface area contributed by atoms with Crippen molar-refractivity contribution in [3.8, 4) is 0 Å². The molecule has 0 aliphatic heterocycles. The van der Waals surface area contributed by atoms with E-state index in [-0.39, 0.29) is 0 Å². The Morgan fingerprint density at radius 1 is 1.17 bits per heavy atom. The van der Waals surface area contributed by atoms with Crippen molar-refractivity contribution in [2.45, 2.75) is 46.1 Å². The summed E-state index contributed by atoms with van der Waals surface area (Å²) in [6.07, 6.45) is 3.56. The summed E-state index contributed by atoms with van der Waals surface area (Å²) in [5.74, 6) is 0. The van der Waals surface area contributed by atoms with E-state index in [2.05, 4.69) is 50.2 Å². The third kappa shape index (κ3) is 5.09. The molecule has 0 aliphatic rings. The van der Waals surface area contributed by atoms with E-state index >= 15 is 0 Å². The molecular formula is C15H28N2S. The molecule has 3 heteroatoms. The summed E-state index contributed by atoms with van der Waals surface area (Å²) < 4.78 is 0. The second kappa shape index (κ2) is 8.68. The van der Waals surface area contributed by atoms with Crippen LogP contribution in [0.2, 0.25) is 0 Å². The lowest BCUT2D eigenvalue weighted by molar-refractivity contribution is 0.283. The van der Waals surface area contributed by atoms with Crippen molar-refractivity contribution in [2.75, 3.05) is 26.7 Å². The van der Waals surface area contributed by atoms with Gasteiger partial charge >= 0.3 is 0 Å². The zero-order valence-electron chi connectivity index (χ0n) is 12.3. The fraction of sp³-hybridized carbons (Fsp3) is 0.733. The summed E-state index contributed by atoms with van der Waals surface area (Å²) >= 11 is 1.97. The molecule has 0 fully saturated rings. The molecule has 0 radical (unpaired) electrons. The van der Waals surface area contributed by atoms with Gasteiger partial charge in [0.2, 0.25) is 0 Å². The maximum absolute atomic E-state index is 3.46. The van der Waals surface area contributed by atoms with Crippen LogP contribution >= 0.6 is 11.3 Å². The topological polar surface area (TPSA) is 15.3 Å². The summed E-state index contributed by atoms with van der Waals surface area (Å²) in [7, 11) is 2.08. The van der Waals surface area contributed by atoms with Gasteiger partial charge in [0, 0.05) is 15.8 Å². The molecule has 1 rings (SSSR count). The van der Waals surface area contributed by atoms with Crippen LogP contribution in [0.4, 0.5) is 0 Å². The summed E-state index contributed by atoms with van der Waals surface area (Å²) in [4.78, 5) is 5.52. The molecule has 104 valence electrons. The van der Waals surface area contributed by atoms with E-state index in [4.69, 9.17) is 0 Å². The molecule has 1 aromatic heterocycles. The number of rotatable bonds is 9. The Kier molecular flexibility index (Phi) is 7.56. The van der Waals surface area contributed by atoms with Crippen LogP contribution < -0.4 is 5.32 Å². The minimum absolute atomic E-state index is 0.606. The van der Waals surface area contributed by atoms with Crippen LogP contribution in [0.5, 0.6) is 0 Å². The van der Waals surface area contributed by atoms with E-state index in [1.165, 1.54) is 29.1 Å². The highest BCUT2D eigenvalue weighted by molar-refractivity contribution is 7.11. The highest BCUT2D eigenvalue weighted by Crippen LogP contribution is 2.19. The fourth-order valence-electron chi connectivity index (χ4n) is 2.19. The summed E-state index contributed by atoms with van der Waals surface area (Å²) in [5.41, 5.74) is 0. The predicted octanol–water partition coefficient (Wildman–Crippen LogP) is 3.17. The van der Waals surface area contributed by atoms with Gasteiger partial charge in [-0.1, -0.05) is 20.8 Å². The Morgan fingerprint density at radius 3 is 2.33 bits per heavy atom. The predicted molar refractivity (Wildman–Crippen MR) is 82.7 cm³/mol. The highest BCUT2D eigenvalue weighted by atomic mass is 32.1. The first-order valence-corrected chi connectivity index (χ1v) is 8.02. The Bertz CT molecular complexity index is 318. The molecule has 0 aromatic carbocycles. The number of likely N-dealkylation sites (N-methyl/N-ethyl adjacent to an activating group) is 1. The van der Waals surface area contributed by atoms with Gasteiger partial charge in [-0.3, -0.25) is 0 Å². The normalized spacial score (nSPS) is 13.2. The van der Waals surface area contributed by atoms with Crippen LogP contribution in [0, 0.1) is 0 Å². The summed E-state index contributed by atoms with van der Waals surface area (Å²) in [6.45, 7) is 10.2. The first-order chi connectivity index (χ1) is 8.73. The standard InChI is InChI=1S/C15H28N2S/c1-5-14-8-9-15(18-14)12-13(16-4)10-11-17(6-2)7-3/h8-9,13,16H,5-7,10-12H2,1-4H3. The third-order valence-electron chi connectivity index (χ3n) is 3.61. The Labute approximate surface area is 116 Å².